The molecular weight excluding hydrogens is 777 g/mol. The Morgan fingerprint density at radius 3 is 1.56 bits per heavy atom. The molecule has 64 heavy (non-hydrogen) atoms. The van der Waals surface area contributed by atoms with Gasteiger partial charge in [-0.25, -0.2) is 0 Å². The van der Waals surface area contributed by atoms with Crippen LogP contribution in [0.4, 0.5) is 34.1 Å². The standard InChI is InChI=1S/C59H64BN3O/c1-33-25-45-50-46(26-33)63-47-31-37(58(11,12)13)29-41-40-27-35(56(5,6)7)19-23-44(40)62(51(41)47)48-32-38(59(14,15)16)30-43(53(48)63)60(50)54-52(42-28-36(57(8,9)10)20-24-49(42)64-54)61(45)39-21-17-34(18-22-39)55(2,3)4/h17-32H,1-16H3. The molecule has 0 unspecified atom stereocenters. The predicted molar refractivity (Wildman–Crippen MR) is 276 cm³/mol. The number of aryl methyl sites for hydroxylation is 1. The molecule has 0 spiro atoms. The Bertz CT molecular complexity index is 3300. The van der Waals surface area contributed by atoms with Crippen LogP contribution in [0.2, 0.25) is 0 Å². The highest BCUT2D eigenvalue weighted by Crippen LogP contribution is 2.55. The van der Waals surface area contributed by atoms with Gasteiger partial charge in [0.15, 0.2) is 0 Å². The van der Waals surface area contributed by atoms with Crippen LogP contribution in [0.1, 0.15) is 137 Å². The average molecular weight is 842 g/mol. The highest BCUT2D eigenvalue weighted by atomic mass is 16.3. The van der Waals surface area contributed by atoms with E-state index < -0.39 is 0 Å². The molecule has 2 aromatic heterocycles. The van der Waals surface area contributed by atoms with E-state index in [1.165, 1.54) is 94.5 Å². The number of aromatic nitrogens is 1. The number of fused-ring (bicyclic) bond motifs is 11. The lowest BCUT2D eigenvalue weighted by Gasteiger charge is -2.45. The predicted octanol–water partition coefficient (Wildman–Crippen LogP) is 14.7. The second-order valence-electron chi connectivity index (χ2n) is 24.5. The fourth-order valence-electron chi connectivity index (χ4n) is 10.9. The number of rotatable bonds is 1. The van der Waals surface area contributed by atoms with E-state index in [1.807, 2.05) is 0 Å². The molecule has 0 amide bonds. The number of hydrogen-bond donors (Lipinski definition) is 0. The third-order valence-corrected chi connectivity index (χ3v) is 14.7. The van der Waals surface area contributed by atoms with Crippen LogP contribution in [0, 0.1) is 6.92 Å². The molecule has 0 N–H and O–H groups in total. The largest absolute Gasteiger partial charge is 0.468 e. The van der Waals surface area contributed by atoms with Crippen LogP contribution in [-0.2, 0) is 27.1 Å². The molecule has 5 heteroatoms. The van der Waals surface area contributed by atoms with Gasteiger partial charge in [0.05, 0.1) is 39.4 Å². The van der Waals surface area contributed by atoms with E-state index in [1.54, 1.807) is 0 Å². The Kier molecular flexibility index (Phi) is 8.19. The van der Waals surface area contributed by atoms with Crippen LogP contribution < -0.4 is 26.4 Å². The molecule has 0 fully saturated rings. The van der Waals surface area contributed by atoms with Gasteiger partial charge in [-0.05, 0) is 145 Å². The molecule has 3 aliphatic heterocycles. The van der Waals surface area contributed by atoms with Gasteiger partial charge >= 0.3 is 0 Å². The molecule has 0 radical (unpaired) electrons. The number of furan rings is 1. The summed E-state index contributed by atoms with van der Waals surface area (Å²) in [6.45, 7) is 37.1. The van der Waals surface area contributed by atoms with Gasteiger partial charge in [0.2, 0.25) is 0 Å². The minimum Gasteiger partial charge on any atom is -0.468 e. The van der Waals surface area contributed by atoms with Gasteiger partial charge in [0.1, 0.15) is 5.58 Å². The van der Waals surface area contributed by atoms with Gasteiger partial charge in [0.25, 0.3) is 6.71 Å². The van der Waals surface area contributed by atoms with Crippen LogP contribution in [-0.4, -0.2) is 11.3 Å². The molecule has 8 aromatic rings. The Hall–Kier alpha value is -5.68. The summed E-state index contributed by atoms with van der Waals surface area (Å²) in [5, 5.41) is 3.79. The van der Waals surface area contributed by atoms with E-state index in [2.05, 4.69) is 222 Å². The lowest BCUT2D eigenvalue weighted by Crippen LogP contribution is -2.61. The summed E-state index contributed by atoms with van der Waals surface area (Å²) < 4.78 is 10.0. The molecule has 4 nitrogen and oxygen atoms in total. The first kappa shape index (κ1) is 41.1. The van der Waals surface area contributed by atoms with Crippen molar-refractivity contribution in [3.63, 3.8) is 0 Å². The minimum atomic E-state index is -0.138. The first-order chi connectivity index (χ1) is 29.8. The molecule has 324 valence electrons. The molecule has 5 heterocycles. The van der Waals surface area contributed by atoms with E-state index in [0.29, 0.717) is 0 Å². The molecule has 11 rings (SSSR count). The maximum atomic E-state index is 7.40. The van der Waals surface area contributed by atoms with Gasteiger partial charge in [-0.3, -0.25) is 0 Å². The molecule has 0 aliphatic carbocycles. The van der Waals surface area contributed by atoms with Crippen molar-refractivity contribution in [1.82, 2.24) is 4.57 Å². The van der Waals surface area contributed by atoms with Crippen molar-refractivity contribution < 1.29 is 4.42 Å². The second-order valence-corrected chi connectivity index (χ2v) is 24.5. The summed E-state index contributed by atoms with van der Waals surface area (Å²) in [6.07, 6.45) is 0. The Labute approximate surface area is 381 Å². The maximum Gasteiger partial charge on any atom is 0.297 e. The third kappa shape index (κ3) is 5.81. The van der Waals surface area contributed by atoms with Gasteiger partial charge in [-0.15, -0.1) is 0 Å². The van der Waals surface area contributed by atoms with Crippen molar-refractivity contribution in [1.29, 1.82) is 0 Å². The number of hydrogen-bond acceptors (Lipinski definition) is 3. The van der Waals surface area contributed by atoms with E-state index in [9.17, 15) is 0 Å². The molecule has 0 bridgehead atoms. The Balaban J connectivity index is 1.32. The minimum absolute atomic E-state index is 0.0128. The molecule has 0 atom stereocenters. The van der Waals surface area contributed by atoms with E-state index >= 15 is 0 Å². The van der Waals surface area contributed by atoms with Crippen molar-refractivity contribution in [3.8, 4) is 5.69 Å². The van der Waals surface area contributed by atoms with Gasteiger partial charge in [-0.2, -0.15) is 0 Å². The summed E-state index contributed by atoms with van der Waals surface area (Å²) in [7, 11) is 0. The van der Waals surface area contributed by atoms with E-state index in [4.69, 9.17) is 4.42 Å². The van der Waals surface area contributed by atoms with E-state index in [0.717, 1.165) is 28.0 Å². The summed E-state index contributed by atoms with van der Waals surface area (Å²) >= 11 is 0. The van der Waals surface area contributed by atoms with Crippen molar-refractivity contribution in [2.24, 2.45) is 0 Å². The van der Waals surface area contributed by atoms with Crippen molar-refractivity contribution in [2.45, 2.75) is 138 Å². The third-order valence-electron chi connectivity index (χ3n) is 14.7. The smallest absolute Gasteiger partial charge is 0.297 e. The van der Waals surface area contributed by atoms with Gasteiger partial charge in [-0.1, -0.05) is 134 Å². The highest BCUT2D eigenvalue weighted by Gasteiger charge is 2.50. The zero-order valence-electron chi connectivity index (χ0n) is 41.1. The van der Waals surface area contributed by atoms with Gasteiger partial charge in [0, 0.05) is 33.2 Å². The molecule has 0 saturated carbocycles. The summed E-state index contributed by atoms with van der Waals surface area (Å²) in [5.41, 5.74) is 23.2. The fraction of sp³-hybridized carbons (Fsp3) is 0.356. The average Bonchev–Trinajstić information content (AvgIpc) is 3.74. The van der Waals surface area contributed by atoms with Crippen molar-refractivity contribution >= 4 is 90.2 Å². The Morgan fingerprint density at radius 1 is 0.438 bits per heavy atom. The topological polar surface area (TPSA) is 24.6 Å². The molecule has 6 aromatic carbocycles. The molecule has 3 aliphatic rings. The summed E-state index contributed by atoms with van der Waals surface area (Å²) in [5.74, 6) is 0. The number of anilines is 6. The maximum absolute atomic E-state index is 7.40. The second kappa shape index (κ2) is 12.8. The van der Waals surface area contributed by atoms with Crippen molar-refractivity contribution in [3.05, 3.63) is 130 Å². The zero-order valence-corrected chi connectivity index (χ0v) is 41.1. The van der Waals surface area contributed by atoms with Gasteiger partial charge < -0.3 is 18.8 Å². The van der Waals surface area contributed by atoms with Crippen LogP contribution in [0.25, 0.3) is 38.5 Å². The lowest BCUT2D eigenvalue weighted by molar-refractivity contribution is 0.589. The van der Waals surface area contributed by atoms with E-state index in [-0.39, 0.29) is 33.8 Å². The first-order valence-electron chi connectivity index (χ1n) is 23.5. The highest BCUT2D eigenvalue weighted by molar-refractivity contribution is 7.00. The number of benzene rings is 6. The van der Waals surface area contributed by atoms with Crippen LogP contribution in [0.15, 0.2) is 101 Å². The molecule has 0 saturated heterocycles. The first-order valence-corrected chi connectivity index (χ1v) is 23.5. The van der Waals surface area contributed by atoms with Crippen LogP contribution in [0.3, 0.4) is 0 Å². The zero-order chi connectivity index (χ0) is 45.5. The summed E-state index contributed by atoms with van der Waals surface area (Å²) in [4.78, 5) is 5.20. The summed E-state index contributed by atoms with van der Waals surface area (Å²) in [6, 6.07) is 38.4. The quantitative estimate of drug-likeness (QED) is 0.154. The van der Waals surface area contributed by atoms with Crippen LogP contribution in [0.5, 0.6) is 0 Å². The lowest BCUT2D eigenvalue weighted by atomic mass is 9.35. The van der Waals surface area contributed by atoms with Crippen LogP contribution >= 0.6 is 0 Å². The fourth-order valence-corrected chi connectivity index (χ4v) is 10.9. The Morgan fingerprint density at radius 2 is 0.953 bits per heavy atom. The molecular formula is C59H64BN3O. The SMILES string of the molecule is Cc1cc2c3c(c1)N1c4c(cc(C(C)(C)C)cc4-n4c5ccc(C(C)(C)C)cc5c5cc(C(C)(C)C)cc1c54)B3c1oc3ccc(C(C)(C)C)cc3c1N2c1ccc(C(C)(C)C)cc1. The van der Waals surface area contributed by atoms with Crippen molar-refractivity contribution in [2.75, 3.05) is 9.80 Å². The monoisotopic (exact) mass is 842 g/mol. The number of nitrogens with zero attached hydrogens (tertiary/aromatic N) is 3. The normalized spacial score (nSPS) is 14.8.